The number of hydrazine groups is 1. The van der Waals surface area contributed by atoms with Crippen LogP contribution in [0.2, 0.25) is 0 Å². The van der Waals surface area contributed by atoms with E-state index in [4.69, 9.17) is 4.74 Å². The van der Waals surface area contributed by atoms with Gasteiger partial charge in [-0.3, -0.25) is 10.2 Å². The van der Waals surface area contributed by atoms with E-state index in [1.165, 1.54) is 0 Å². The van der Waals surface area contributed by atoms with E-state index in [0.29, 0.717) is 5.56 Å². The summed E-state index contributed by atoms with van der Waals surface area (Å²) in [7, 11) is 1.61. The van der Waals surface area contributed by atoms with E-state index in [1.807, 2.05) is 25.1 Å². The van der Waals surface area contributed by atoms with Crippen LogP contribution in [-0.2, 0) is 0 Å². The Morgan fingerprint density at radius 2 is 2.00 bits per heavy atom. The van der Waals surface area contributed by atoms with Gasteiger partial charge in [-0.15, -0.1) is 0 Å². The topological polar surface area (TPSA) is 50.4 Å². The number of amides is 1. The summed E-state index contributed by atoms with van der Waals surface area (Å²) in [6, 6.07) is 5.74. The number of hydrogen-bond acceptors (Lipinski definition) is 3. The lowest BCUT2D eigenvalue weighted by molar-refractivity contribution is 0.0902. The van der Waals surface area contributed by atoms with Crippen molar-refractivity contribution in [1.29, 1.82) is 0 Å². The minimum Gasteiger partial charge on any atom is -0.496 e. The molecule has 0 saturated heterocycles. The molecule has 22 heavy (non-hydrogen) atoms. The van der Waals surface area contributed by atoms with Crippen LogP contribution in [0, 0.1) is 12.3 Å². The van der Waals surface area contributed by atoms with Gasteiger partial charge in [-0.1, -0.05) is 46.6 Å². The highest BCUT2D eigenvalue weighted by Crippen LogP contribution is 2.23. The molecule has 0 aliphatic heterocycles. The van der Waals surface area contributed by atoms with Crippen molar-refractivity contribution < 1.29 is 9.53 Å². The Balaban J connectivity index is 2.75. The van der Waals surface area contributed by atoms with E-state index in [9.17, 15) is 4.79 Å². The Hall–Kier alpha value is -1.55. The third-order valence-electron chi connectivity index (χ3n) is 4.00. The van der Waals surface area contributed by atoms with Gasteiger partial charge in [0.1, 0.15) is 5.75 Å². The molecule has 0 radical (unpaired) electrons. The summed E-state index contributed by atoms with van der Waals surface area (Å²) >= 11 is 0. The fraction of sp³-hybridized carbons (Fsp3) is 0.611. The molecular weight excluding hydrogens is 276 g/mol. The second kappa shape index (κ2) is 8.18. The van der Waals surface area contributed by atoms with E-state index in [1.54, 1.807) is 7.11 Å². The molecule has 2 N–H and O–H groups in total. The van der Waals surface area contributed by atoms with Gasteiger partial charge in [-0.25, -0.2) is 5.43 Å². The molecule has 0 aliphatic rings. The lowest BCUT2D eigenvalue weighted by Gasteiger charge is -2.31. The summed E-state index contributed by atoms with van der Waals surface area (Å²) < 4.78 is 5.27. The summed E-state index contributed by atoms with van der Waals surface area (Å²) in [5, 5.41) is 0. The predicted molar refractivity (Wildman–Crippen MR) is 91.1 cm³/mol. The largest absolute Gasteiger partial charge is 0.496 e. The fourth-order valence-corrected chi connectivity index (χ4v) is 2.43. The maximum Gasteiger partial charge on any atom is 0.265 e. The number of unbranched alkanes of at least 4 members (excludes halogenated alkanes) is 1. The van der Waals surface area contributed by atoms with Crippen molar-refractivity contribution in [3.63, 3.8) is 0 Å². The maximum absolute atomic E-state index is 12.4. The van der Waals surface area contributed by atoms with Gasteiger partial charge in [-0.2, -0.15) is 0 Å². The van der Waals surface area contributed by atoms with Gasteiger partial charge in [-0.05, 0) is 30.9 Å². The Kier molecular flexibility index (Phi) is 6.88. The summed E-state index contributed by atoms with van der Waals surface area (Å²) in [5.74, 6) is 0.605. The summed E-state index contributed by atoms with van der Waals surface area (Å²) in [6.07, 6.45) is 3.33. The van der Waals surface area contributed by atoms with Crippen LogP contribution >= 0.6 is 0 Å². The van der Waals surface area contributed by atoms with Crippen LogP contribution in [-0.4, -0.2) is 19.1 Å². The predicted octanol–water partition coefficient (Wildman–Crippen LogP) is 3.84. The third-order valence-corrected chi connectivity index (χ3v) is 4.00. The molecule has 4 heteroatoms. The maximum atomic E-state index is 12.4. The molecule has 4 nitrogen and oxygen atoms in total. The lowest BCUT2D eigenvalue weighted by atomic mass is 9.84. The second-order valence-electron chi connectivity index (χ2n) is 6.79. The van der Waals surface area contributed by atoms with E-state index in [-0.39, 0.29) is 17.4 Å². The smallest absolute Gasteiger partial charge is 0.265 e. The van der Waals surface area contributed by atoms with Crippen LogP contribution in [0.3, 0.4) is 0 Å². The SMILES string of the molecule is CCCC[C@@H](NNC(=O)c1cccc(OC)c1C)C(C)(C)C. The Morgan fingerprint density at radius 1 is 1.32 bits per heavy atom. The number of rotatable bonds is 7. The molecule has 0 saturated carbocycles. The zero-order valence-electron chi connectivity index (χ0n) is 14.7. The van der Waals surface area contributed by atoms with Crippen molar-refractivity contribution in [2.24, 2.45) is 5.41 Å². The molecule has 0 spiro atoms. The second-order valence-corrected chi connectivity index (χ2v) is 6.79. The van der Waals surface area contributed by atoms with Gasteiger partial charge in [0.05, 0.1) is 7.11 Å². The summed E-state index contributed by atoms with van der Waals surface area (Å²) in [6.45, 7) is 10.6. The van der Waals surface area contributed by atoms with Crippen molar-refractivity contribution in [2.45, 2.75) is 59.9 Å². The highest BCUT2D eigenvalue weighted by molar-refractivity contribution is 5.95. The van der Waals surface area contributed by atoms with Crippen LogP contribution in [0.1, 0.15) is 62.9 Å². The van der Waals surface area contributed by atoms with E-state index in [2.05, 4.69) is 38.5 Å². The van der Waals surface area contributed by atoms with E-state index < -0.39 is 0 Å². The normalized spacial score (nSPS) is 12.8. The van der Waals surface area contributed by atoms with Crippen LogP contribution in [0.5, 0.6) is 5.75 Å². The van der Waals surface area contributed by atoms with Crippen LogP contribution in [0.15, 0.2) is 18.2 Å². The minimum absolute atomic E-state index is 0.0892. The standard InChI is InChI=1S/C18H30N2O2/c1-7-8-12-16(18(3,4)5)19-20-17(21)14-10-9-11-15(22-6)13(14)2/h9-11,16,19H,7-8,12H2,1-6H3,(H,20,21)/t16-/m1/s1. The zero-order chi connectivity index (χ0) is 16.8. The number of carbonyl (C=O) groups excluding carboxylic acids is 1. The molecule has 0 fully saturated rings. The quantitative estimate of drug-likeness (QED) is 0.752. The number of methoxy groups -OCH3 is 1. The number of carbonyl (C=O) groups is 1. The first-order valence-corrected chi connectivity index (χ1v) is 8.00. The van der Waals surface area contributed by atoms with Gasteiger partial charge < -0.3 is 4.74 Å². The number of benzene rings is 1. The number of ether oxygens (including phenoxy) is 1. The first-order valence-electron chi connectivity index (χ1n) is 8.00. The van der Waals surface area contributed by atoms with Gasteiger partial charge in [0.2, 0.25) is 0 Å². The highest BCUT2D eigenvalue weighted by atomic mass is 16.5. The fourth-order valence-electron chi connectivity index (χ4n) is 2.43. The zero-order valence-corrected chi connectivity index (χ0v) is 14.7. The molecule has 1 atom stereocenters. The Morgan fingerprint density at radius 3 is 2.55 bits per heavy atom. The van der Waals surface area contributed by atoms with E-state index in [0.717, 1.165) is 30.6 Å². The van der Waals surface area contributed by atoms with Crippen molar-refractivity contribution in [1.82, 2.24) is 10.9 Å². The van der Waals surface area contributed by atoms with Crippen LogP contribution < -0.4 is 15.6 Å². The average Bonchev–Trinajstić information content (AvgIpc) is 2.45. The molecule has 1 amide bonds. The Bertz CT molecular complexity index is 492. The number of nitrogens with one attached hydrogen (secondary N) is 2. The monoisotopic (exact) mass is 306 g/mol. The van der Waals surface area contributed by atoms with Crippen molar-refractivity contribution in [3.8, 4) is 5.75 Å². The lowest BCUT2D eigenvalue weighted by Crippen LogP contribution is -2.50. The molecule has 124 valence electrons. The molecule has 1 aromatic rings. The molecule has 0 heterocycles. The van der Waals surface area contributed by atoms with Gasteiger partial charge in [0, 0.05) is 17.2 Å². The van der Waals surface area contributed by atoms with Gasteiger partial charge >= 0.3 is 0 Å². The van der Waals surface area contributed by atoms with Crippen molar-refractivity contribution in [3.05, 3.63) is 29.3 Å². The first kappa shape index (κ1) is 18.5. The molecule has 1 aromatic carbocycles. The van der Waals surface area contributed by atoms with E-state index >= 15 is 0 Å². The van der Waals surface area contributed by atoms with Crippen molar-refractivity contribution >= 4 is 5.91 Å². The van der Waals surface area contributed by atoms with Crippen molar-refractivity contribution in [2.75, 3.05) is 7.11 Å². The van der Waals surface area contributed by atoms with Crippen LogP contribution in [0.25, 0.3) is 0 Å². The molecule has 0 aromatic heterocycles. The van der Waals surface area contributed by atoms with Crippen LogP contribution in [0.4, 0.5) is 0 Å². The van der Waals surface area contributed by atoms with Gasteiger partial charge in [0.25, 0.3) is 5.91 Å². The Labute approximate surface area is 134 Å². The molecule has 1 rings (SSSR count). The minimum atomic E-state index is -0.123. The number of hydrogen-bond donors (Lipinski definition) is 2. The molecule has 0 aliphatic carbocycles. The summed E-state index contributed by atoms with van der Waals surface area (Å²) in [4.78, 5) is 12.4. The average molecular weight is 306 g/mol. The molecule has 0 unspecified atom stereocenters. The molecular formula is C18H30N2O2. The molecule has 0 bridgehead atoms. The summed E-state index contributed by atoms with van der Waals surface area (Å²) in [5.41, 5.74) is 7.65. The van der Waals surface area contributed by atoms with Gasteiger partial charge in [0.15, 0.2) is 0 Å². The third kappa shape index (κ3) is 5.02. The highest BCUT2D eigenvalue weighted by Gasteiger charge is 2.24. The first-order chi connectivity index (χ1) is 10.3.